The average molecular weight is 336 g/mol. The van der Waals surface area contributed by atoms with E-state index in [4.69, 9.17) is 0 Å². The van der Waals surface area contributed by atoms with Crippen molar-refractivity contribution in [3.05, 3.63) is 33.8 Å². The molecule has 0 saturated heterocycles. The van der Waals surface area contributed by atoms with E-state index in [1.165, 1.54) is 0 Å². The Balaban J connectivity index is 2.85. The Bertz CT molecular complexity index is 453. The van der Waals surface area contributed by atoms with Gasteiger partial charge in [-0.2, -0.15) is 0 Å². The SMILES string of the molecule is CCC(O)(CC)CNC(=O)c1c(F)cc(Br)cc1F. The maximum Gasteiger partial charge on any atom is 0.257 e. The molecule has 1 amide bonds. The van der Waals surface area contributed by atoms with Gasteiger partial charge in [-0.05, 0) is 25.0 Å². The molecule has 1 aromatic rings. The third-order valence-corrected chi connectivity index (χ3v) is 3.59. The molecule has 0 bridgehead atoms. The summed E-state index contributed by atoms with van der Waals surface area (Å²) in [6, 6.07) is 2.04. The van der Waals surface area contributed by atoms with Gasteiger partial charge in [-0.15, -0.1) is 0 Å². The molecule has 0 aromatic heterocycles. The van der Waals surface area contributed by atoms with Crippen LogP contribution in [0.25, 0.3) is 0 Å². The fraction of sp³-hybridized carbons (Fsp3) is 0.462. The highest BCUT2D eigenvalue weighted by atomic mass is 79.9. The van der Waals surface area contributed by atoms with Crippen LogP contribution in [0.2, 0.25) is 0 Å². The van der Waals surface area contributed by atoms with Gasteiger partial charge in [0.25, 0.3) is 5.91 Å². The van der Waals surface area contributed by atoms with Gasteiger partial charge in [0.1, 0.15) is 17.2 Å². The summed E-state index contributed by atoms with van der Waals surface area (Å²) in [6.07, 6.45) is 0.879. The van der Waals surface area contributed by atoms with Gasteiger partial charge in [0.15, 0.2) is 0 Å². The van der Waals surface area contributed by atoms with E-state index in [0.717, 1.165) is 12.1 Å². The molecule has 0 aliphatic heterocycles. The second kappa shape index (κ2) is 6.43. The minimum absolute atomic E-state index is 0.0478. The second-order valence-corrected chi connectivity index (χ2v) is 5.27. The molecule has 1 rings (SSSR count). The summed E-state index contributed by atoms with van der Waals surface area (Å²) in [6.45, 7) is 3.50. The molecule has 0 aliphatic carbocycles. The number of rotatable bonds is 5. The fourth-order valence-corrected chi connectivity index (χ4v) is 1.99. The summed E-state index contributed by atoms with van der Waals surface area (Å²) in [7, 11) is 0. The molecule has 0 fully saturated rings. The van der Waals surface area contributed by atoms with Crippen LogP contribution in [-0.2, 0) is 0 Å². The number of halogens is 3. The molecule has 0 heterocycles. The van der Waals surface area contributed by atoms with E-state index in [1.54, 1.807) is 13.8 Å². The highest BCUT2D eigenvalue weighted by Gasteiger charge is 2.25. The van der Waals surface area contributed by atoms with Crippen LogP contribution >= 0.6 is 15.9 Å². The van der Waals surface area contributed by atoms with E-state index in [2.05, 4.69) is 21.2 Å². The highest BCUT2D eigenvalue weighted by molar-refractivity contribution is 9.10. The van der Waals surface area contributed by atoms with Crippen LogP contribution in [0.4, 0.5) is 8.78 Å². The first-order chi connectivity index (χ1) is 8.83. The fourth-order valence-electron chi connectivity index (χ4n) is 1.59. The van der Waals surface area contributed by atoms with Gasteiger partial charge in [-0.1, -0.05) is 29.8 Å². The van der Waals surface area contributed by atoms with Crippen molar-refractivity contribution in [2.24, 2.45) is 0 Å². The molecule has 0 radical (unpaired) electrons. The molecule has 2 N–H and O–H groups in total. The lowest BCUT2D eigenvalue weighted by molar-refractivity contribution is 0.0312. The van der Waals surface area contributed by atoms with E-state index >= 15 is 0 Å². The Hall–Kier alpha value is -1.01. The molecular weight excluding hydrogens is 320 g/mol. The number of carbonyl (C=O) groups is 1. The van der Waals surface area contributed by atoms with Crippen molar-refractivity contribution in [3.8, 4) is 0 Å². The molecule has 0 aliphatic rings. The lowest BCUT2D eigenvalue weighted by Gasteiger charge is -2.25. The van der Waals surface area contributed by atoms with E-state index in [0.29, 0.717) is 12.8 Å². The molecule has 106 valence electrons. The van der Waals surface area contributed by atoms with Crippen molar-refractivity contribution in [2.45, 2.75) is 32.3 Å². The molecule has 1 aromatic carbocycles. The summed E-state index contributed by atoms with van der Waals surface area (Å²) >= 11 is 2.94. The smallest absolute Gasteiger partial charge is 0.257 e. The van der Waals surface area contributed by atoms with E-state index < -0.39 is 28.7 Å². The Morgan fingerprint density at radius 3 is 2.21 bits per heavy atom. The van der Waals surface area contributed by atoms with Gasteiger partial charge in [-0.3, -0.25) is 4.79 Å². The van der Waals surface area contributed by atoms with E-state index in [9.17, 15) is 18.7 Å². The number of hydrogen-bond donors (Lipinski definition) is 2. The predicted octanol–water partition coefficient (Wildman–Crippen LogP) is 3.01. The molecule has 0 unspecified atom stereocenters. The summed E-state index contributed by atoms with van der Waals surface area (Å²) in [5.74, 6) is -2.76. The second-order valence-electron chi connectivity index (χ2n) is 4.36. The van der Waals surface area contributed by atoms with Crippen molar-refractivity contribution in [1.82, 2.24) is 5.32 Å². The molecular formula is C13H16BrF2NO2. The van der Waals surface area contributed by atoms with Crippen LogP contribution in [0.5, 0.6) is 0 Å². The maximum atomic E-state index is 13.6. The standard InChI is InChI=1S/C13H16BrF2NO2/c1-3-13(19,4-2)7-17-12(18)11-9(15)5-8(14)6-10(11)16/h5-6,19H,3-4,7H2,1-2H3,(H,17,18). The monoisotopic (exact) mass is 335 g/mol. The zero-order valence-electron chi connectivity index (χ0n) is 10.8. The van der Waals surface area contributed by atoms with Crippen molar-refractivity contribution >= 4 is 21.8 Å². The molecule has 19 heavy (non-hydrogen) atoms. The molecule has 0 saturated carbocycles. The van der Waals surface area contributed by atoms with Gasteiger partial charge in [0.05, 0.1) is 5.60 Å². The molecule has 0 atom stereocenters. The largest absolute Gasteiger partial charge is 0.388 e. The first kappa shape index (κ1) is 16.0. The molecule has 6 heteroatoms. The van der Waals surface area contributed by atoms with Gasteiger partial charge in [0.2, 0.25) is 0 Å². The quantitative estimate of drug-likeness (QED) is 0.868. The Morgan fingerprint density at radius 2 is 1.79 bits per heavy atom. The van der Waals surface area contributed by atoms with Crippen molar-refractivity contribution in [3.63, 3.8) is 0 Å². The summed E-state index contributed by atoms with van der Waals surface area (Å²) in [5.41, 5.74) is -1.70. The number of nitrogens with one attached hydrogen (secondary N) is 1. The minimum Gasteiger partial charge on any atom is -0.388 e. The van der Waals surface area contributed by atoms with Crippen LogP contribution in [0.15, 0.2) is 16.6 Å². The maximum absolute atomic E-state index is 13.6. The van der Waals surface area contributed by atoms with E-state index in [1.807, 2.05) is 0 Å². The Kier molecular flexibility index (Phi) is 5.43. The van der Waals surface area contributed by atoms with E-state index in [-0.39, 0.29) is 11.0 Å². The third kappa shape index (κ3) is 3.98. The normalized spacial score (nSPS) is 11.5. The Labute approximate surface area is 119 Å². The lowest BCUT2D eigenvalue weighted by Crippen LogP contribution is -2.42. The number of amides is 1. The topological polar surface area (TPSA) is 49.3 Å². The van der Waals surface area contributed by atoms with Crippen LogP contribution in [-0.4, -0.2) is 23.2 Å². The molecule has 3 nitrogen and oxygen atoms in total. The summed E-state index contributed by atoms with van der Waals surface area (Å²) in [5, 5.41) is 12.4. The molecule has 0 spiro atoms. The van der Waals surface area contributed by atoms with Crippen LogP contribution < -0.4 is 5.32 Å². The number of benzene rings is 1. The number of aliphatic hydroxyl groups is 1. The van der Waals surface area contributed by atoms with Gasteiger partial charge < -0.3 is 10.4 Å². The minimum atomic E-state index is -1.06. The number of hydrogen-bond acceptors (Lipinski definition) is 2. The van der Waals surface area contributed by atoms with Crippen LogP contribution in [0, 0.1) is 11.6 Å². The summed E-state index contributed by atoms with van der Waals surface area (Å²) < 4.78 is 27.3. The zero-order chi connectivity index (χ0) is 14.6. The Morgan fingerprint density at radius 1 is 1.32 bits per heavy atom. The number of carbonyl (C=O) groups excluding carboxylic acids is 1. The first-order valence-electron chi connectivity index (χ1n) is 5.98. The summed E-state index contributed by atoms with van der Waals surface area (Å²) in [4.78, 5) is 11.8. The van der Waals surface area contributed by atoms with Gasteiger partial charge >= 0.3 is 0 Å². The predicted molar refractivity (Wildman–Crippen MR) is 71.9 cm³/mol. The van der Waals surface area contributed by atoms with Gasteiger partial charge in [-0.25, -0.2) is 8.78 Å². The van der Waals surface area contributed by atoms with Crippen molar-refractivity contribution < 1.29 is 18.7 Å². The van der Waals surface area contributed by atoms with Gasteiger partial charge in [0, 0.05) is 11.0 Å². The van der Waals surface area contributed by atoms with Crippen molar-refractivity contribution in [1.29, 1.82) is 0 Å². The van der Waals surface area contributed by atoms with Crippen LogP contribution in [0.1, 0.15) is 37.0 Å². The highest BCUT2D eigenvalue weighted by Crippen LogP contribution is 2.20. The first-order valence-corrected chi connectivity index (χ1v) is 6.77. The lowest BCUT2D eigenvalue weighted by atomic mass is 9.97. The zero-order valence-corrected chi connectivity index (χ0v) is 12.4. The van der Waals surface area contributed by atoms with Crippen molar-refractivity contribution in [2.75, 3.05) is 6.54 Å². The average Bonchev–Trinajstić information content (AvgIpc) is 2.34. The van der Waals surface area contributed by atoms with Crippen LogP contribution in [0.3, 0.4) is 0 Å². The third-order valence-electron chi connectivity index (χ3n) is 3.13.